The third-order valence-electron chi connectivity index (χ3n) is 4.00. The maximum absolute atomic E-state index is 11.3. The van der Waals surface area contributed by atoms with Gasteiger partial charge >= 0.3 is 5.97 Å². The molecule has 1 atom stereocenters. The zero-order valence-corrected chi connectivity index (χ0v) is 10.1. The van der Waals surface area contributed by atoms with Crippen molar-refractivity contribution in [2.45, 2.75) is 50.9 Å². The van der Waals surface area contributed by atoms with E-state index in [0.717, 1.165) is 37.8 Å². The molecule has 90 valence electrons. The van der Waals surface area contributed by atoms with E-state index in [1.54, 1.807) is 0 Å². The summed E-state index contributed by atoms with van der Waals surface area (Å²) in [7, 11) is 0. The van der Waals surface area contributed by atoms with Gasteiger partial charge in [-0.05, 0) is 43.7 Å². The minimum absolute atomic E-state index is 0.407. The van der Waals surface area contributed by atoms with Crippen LogP contribution in [0.15, 0.2) is 6.07 Å². The van der Waals surface area contributed by atoms with Gasteiger partial charge in [-0.3, -0.25) is 4.98 Å². The van der Waals surface area contributed by atoms with Crippen LogP contribution in [0.1, 0.15) is 71.8 Å². The normalized spacial score (nSPS) is 22.5. The zero-order chi connectivity index (χ0) is 12.0. The van der Waals surface area contributed by atoms with Crippen molar-refractivity contribution in [1.82, 2.24) is 4.98 Å². The maximum atomic E-state index is 11.3. The molecule has 3 rings (SSSR count). The Bertz CT molecular complexity index is 477. The number of pyridine rings is 1. The molecular formula is C14H17NO2. The summed E-state index contributed by atoms with van der Waals surface area (Å²) in [5.41, 5.74) is 3.64. The van der Waals surface area contributed by atoms with Gasteiger partial charge in [0.2, 0.25) is 0 Å². The van der Waals surface area contributed by atoms with Crippen molar-refractivity contribution >= 4 is 5.97 Å². The molecule has 0 radical (unpaired) electrons. The van der Waals surface area contributed by atoms with Gasteiger partial charge < -0.3 is 5.11 Å². The van der Waals surface area contributed by atoms with E-state index in [9.17, 15) is 9.90 Å². The molecule has 1 aromatic rings. The van der Waals surface area contributed by atoms with E-state index in [2.05, 4.69) is 6.92 Å². The van der Waals surface area contributed by atoms with Crippen molar-refractivity contribution in [3.05, 3.63) is 28.6 Å². The standard InChI is InChI=1S/C14H17NO2/c1-2-8-3-6-10-7-11(14(16)17)13(9-4-5-9)15-12(8)10/h7-9H,2-6H2,1H3,(H,16,17). The maximum Gasteiger partial charge on any atom is 0.337 e. The summed E-state index contributed by atoms with van der Waals surface area (Å²) < 4.78 is 0. The Morgan fingerprint density at radius 3 is 2.76 bits per heavy atom. The molecule has 0 spiro atoms. The summed E-state index contributed by atoms with van der Waals surface area (Å²) >= 11 is 0. The molecule has 2 aliphatic carbocycles. The molecular weight excluding hydrogens is 214 g/mol. The Morgan fingerprint density at radius 2 is 2.18 bits per heavy atom. The van der Waals surface area contributed by atoms with Crippen LogP contribution in [0.25, 0.3) is 0 Å². The van der Waals surface area contributed by atoms with Crippen molar-refractivity contribution in [3.63, 3.8) is 0 Å². The Labute approximate surface area is 101 Å². The number of aromatic carboxylic acids is 1. The number of carboxylic acids is 1. The number of nitrogens with zero attached hydrogens (tertiary/aromatic N) is 1. The van der Waals surface area contributed by atoms with Crippen LogP contribution in [-0.4, -0.2) is 16.1 Å². The van der Waals surface area contributed by atoms with Crippen molar-refractivity contribution in [3.8, 4) is 0 Å². The summed E-state index contributed by atoms with van der Waals surface area (Å²) in [6.07, 6.45) is 5.43. The highest BCUT2D eigenvalue weighted by Crippen LogP contribution is 2.43. The van der Waals surface area contributed by atoms with Crippen LogP contribution in [0.5, 0.6) is 0 Å². The Hall–Kier alpha value is -1.38. The Morgan fingerprint density at radius 1 is 1.41 bits per heavy atom. The number of rotatable bonds is 3. The van der Waals surface area contributed by atoms with E-state index in [1.807, 2.05) is 6.07 Å². The average molecular weight is 231 g/mol. The number of hydrogen-bond acceptors (Lipinski definition) is 2. The van der Waals surface area contributed by atoms with Gasteiger partial charge in [-0.25, -0.2) is 4.79 Å². The Balaban J connectivity index is 2.10. The van der Waals surface area contributed by atoms with Crippen LogP contribution in [0.3, 0.4) is 0 Å². The van der Waals surface area contributed by atoms with Crippen molar-refractivity contribution in [2.75, 3.05) is 0 Å². The van der Waals surface area contributed by atoms with Gasteiger partial charge in [0.05, 0.1) is 11.3 Å². The molecule has 1 aromatic heterocycles. The molecule has 1 heterocycles. The molecule has 3 heteroatoms. The summed E-state index contributed by atoms with van der Waals surface area (Å²) in [5, 5.41) is 9.26. The second-order valence-electron chi connectivity index (χ2n) is 5.19. The van der Waals surface area contributed by atoms with E-state index in [0.29, 0.717) is 17.4 Å². The van der Waals surface area contributed by atoms with Gasteiger partial charge in [-0.1, -0.05) is 6.92 Å². The van der Waals surface area contributed by atoms with Gasteiger partial charge in [-0.2, -0.15) is 0 Å². The number of aryl methyl sites for hydroxylation is 1. The van der Waals surface area contributed by atoms with Crippen molar-refractivity contribution < 1.29 is 9.90 Å². The zero-order valence-electron chi connectivity index (χ0n) is 10.1. The lowest BCUT2D eigenvalue weighted by Gasteiger charge is -2.11. The molecule has 0 aromatic carbocycles. The first-order chi connectivity index (χ1) is 8.20. The summed E-state index contributed by atoms with van der Waals surface area (Å²) in [4.78, 5) is 16.0. The van der Waals surface area contributed by atoms with Crippen molar-refractivity contribution in [1.29, 1.82) is 0 Å². The number of aromatic nitrogens is 1. The first-order valence-corrected chi connectivity index (χ1v) is 6.47. The van der Waals surface area contributed by atoms with Gasteiger partial charge in [0.15, 0.2) is 0 Å². The van der Waals surface area contributed by atoms with E-state index in [-0.39, 0.29) is 0 Å². The fourth-order valence-corrected chi connectivity index (χ4v) is 2.84. The first-order valence-electron chi connectivity index (χ1n) is 6.47. The van der Waals surface area contributed by atoms with E-state index in [4.69, 9.17) is 4.98 Å². The number of fused-ring (bicyclic) bond motifs is 1. The lowest BCUT2D eigenvalue weighted by atomic mass is 10.0. The minimum atomic E-state index is -0.817. The summed E-state index contributed by atoms with van der Waals surface area (Å²) in [6.45, 7) is 2.18. The number of carbonyl (C=O) groups is 1. The van der Waals surface area contributed by atoms with E-state index < -0.39 is 5.97 Å². The predicted molar refractivity (Wildman–Crippen MR) is 64.5 cm³/mol. The fraction of sp³-hybridized carbons (Fsp3) is 0.571. The van der Waals surface area contributed by atoms with Crippen LogP contribution in [0, 0.1) is 0 Å². The van der Waals surface area contributed by atoms with Crippen LogP contribution >= 0.6 is 0 Å². The molecule has 0 amide bonds. The lowest BCUT2D eigenvalue weighted by molar-refractivity contribution is 0.0695. The lowest BCUT2D eigenvalue weighted by Crippen LogP contribution is -2.08. The highest BCUT2D eigenvalue weighted by molar-refractivity contribution is 5.89. The SMILES string of the molecule is CCC1CCc2cc(C(=O)O)c(C3CC3)nc21. The average Bonchev–Trinajstić information content (AvgIpc) is 3.08. The third-order valence-corrected chi connectivity index (χ3v) is 4.00. The molecule has 1 fully saturated rings. The van der Waals surface area contributed by atoms with Crippen LogP contribution in [0.2, 0.25) is 0 Å². The molecule has 1 N–H and O–H groups in total. The van der Waals surface area contributed by atoms with Gasteiger partial charge in [0, 0.05) is 17.5 Å². The largest absolute Gasteiger partial charge is 0.478 e. The molecule has 0 saturated heterocycles. The monoisotopic (exact) mass is 231 g/mol. The molecule has 1 saturated carbocycles. The highest BCUT2D eigenvalue weighted by Gasteiger charge is 2.33. The molecule has 3 nitrogen and oxygen atoms in total. The highest BCUT2D eigenvalue weighted by atomic mass is 16.4. The molecule has 0 aliphatic heterocycles. The van der Waals surface area contributed by atoms with E-state index >= 15 is 0 Å². The van der Waals surface area contributed by atoms with E-state index in [1.165, 1.54) is 11.3 Å². The summed E-state index contributed by atoms with van der Waals surface area (Å²) in [5.74, 6) is 0.136. The summed E-state index contributed by atoms with van der Waals surface area (Å²) in [6, 6.07) is 1.88. The van der Waals surface area contributed by atoms with Crippen molar-refractivity contribution in [2.24, 2.45) is 0 Å². The van der Waals surface area contributed by atoms with Gasteiger partial charge in [0.1, 0.15) is 0 Å². The second-order valence-corrected chi connectivity index (χ2v) is 5.19. The first kappa shape index (κ1) is 10.8. The Kier molecular flexibility index (Phi) is 2.42. The second kappa shape index (κ2) is 3.83. The quantitative estimate of drug-likeness (QED) is 0.869. The molecule has 2 aliphatic rings. The number of hydrogen-bond donors (Lipinski definition) is 1. The molecule has 17 heavy (non-hydrogen) atoms. The van der Waals surface area contributed by atoms with Crippen LogP contribution < -0.4 is 0 Å². The predicted octanol–water partition coefficient (Wildman–Crippen LogP) is 3.10. The third kappa shape index (κ3) is 1.74. The van der Waals surface area contributed by atoms with Crippen LogP contribution in [-0.2, 0) is 6.42 Å². The number of carboxylic acid groups (broad SMARTS) is 1. The smallest absolute Gasteiger partial charge is 0.337 e. The molecule has 0 bridgehead atoms. The molecule has 1 unspecified atom stereocenters. The van der Waals surface area contributed by atoms with Gasteiger partial charge in [0.25, 0.3) is 0 Å². The topological polar surface area (TPSA) is 50.2 Å². The fourth-order valence-electron chi connectivity index (χ4n) is 2.84. The van der Waals surface area contributed by atoms with Gasteiger partial charge in [-0.15, -0.1) is 0 Å². The minimum Gasteiger partial charge on any atom is -0.478 e. The van der Waals surface area contributed by atoms with Crippen LogP contribution in [0.4, 0.5) is 0 Å².